The van der Waals surface area contributed by atoms with E-state index in [0.717, 1.165) is 13.0 Å². The molecule has 0 aromatic carbocycles. The lowest BCUT2D eigenvalue weighted by Gasteiger charge is -2.20. The second-order valence-corrected chi connectivity index (χ2v) is 2.43. The first-order valence-corrected chi connectivity index (χ1v) is 3.43. The van der Waals surface area contributed by atoms with Crippen LogP contribution in [0.5, 0.6) is 0 Å². The molecule has 0 aliphatic carbocycles. The second kappa shape index (κ2) is 1.87. The smallest absolute Gasteiger partial charge is 0.107 e. The predicted octanol–water partition coefficient (Wildman–Crippen LogP) is 1.01. The molecule has 0 fully saturated rings. The van der Waals surface area contributed by atoms with Crippen molar-refractivity contribution in [1.82, 2.24) is 4.90 Å². The Labute approximate surface area is 54.9 Å². The van der Waals surface area contributed by atoms with Crippen LogP contribution < -0.4 is 0 Å². The molecule has 0 aromatic rings. The van der Waals surface area contributed by atoms with Gasteiger partial charge >= 0.3 is 0 Å². The quantitative estimate of drug-likeness (QED) is 0.468. The molecule has 48 valence electrons. The van der Waals surface area contributed by atoms with E-state index in [2.05, 4.69) is 22.2 Å². The van der Waals surface area contributed by atoms with Crippen molar-refractivity contribution in [3.05, 3.63) is 12.3 Å². The zero-order chi connectivity index (χ0) is 6.10. The highest BCUT2D eigenvalue weighted by Crippen LogP contribution is 2.12. The van der Waals surface area contributed by atoms with Crippen molar-refractivity contribution in [1.29, 1.82) is 0 Å². The van der Waals surface area contributed by atoms with Crippen LogP contribution in [0.1, 0.15) is 12.8 Å². The van der Waals surface area contributed by atoms with E-state index in [4.69, 9.17) is 0 Å². The minimum atomic E-state index is 1.04. The summed E-state index contributed by atoms with van der Waals surface area (Å²) in [6.07, 6.45) is 6.58. The van der Waals surface area contributed by atoms with Gasteiger partial charge in [0.2, 0.25) is 0 Å². The third kappa shape index (κ3) is 0.745. The van der Waals surface area contributed by atoms with Crippen LogP contribution in [0.15, 0.2) is 17.3 Å². The molecular formula is C7H10N2. The summed E-state index contributed by atoms with van der Waals surface area (Å²) in [4.78, 5) is 6.61. The molecule has 2 nitrogen and oxygen atoms in total. The summed E-state index contributed by atoms with van der Waals surface area (Å²) in [7, 11) is 0. The topological polar surface area (TPSA) is 15.6 Å². The molecule has 0 aromatic heterocycles. The van der Waals surface area contributed by atoms with Gasteiger partial charge in [-0.2, -0.15) is 0 Å². The summed E-state index contributed by atoms with van der Waals surface area (Å²) in [5.41, 5.74) is 0. The van der Waals surface area contributed by atoms with Gasteiger partial charge in [0.1, 0.15) is 5.84 Å². The van der Waals surface area contributed by atoms with E-state index >= 15 is 0 Å². The van der Waals surface area contributed by atoms with Crippen molar-refractivity contribution in [2.24, 2.45) is 4.99 Å². The van der Waals surface area contributed by atoms with Gasteiger partial charge < -0.3 is 4.90 Å². The van der Waals surface area contributed by atoms with Crippen LogP contribution in [-0.2, 0) is 0 Å². The number of nitrogens with zero attached hydrogens (tertiary/aromatic N) is 2. The van der Waals surface area contributed by atoms with Gasteiger partial charge in [-0.3, -0.25) is 4.99 Å². The summed E-state index contributed by atoms with van der Waals surface area (Å²) in [6, 6.07) is 0. The normalized spacial score (nSPS) is 24.0. The van der Waals surface area contributed by atoms with Crippen molar-refractivity contribution >= 4 is 5.84 Å². The lowest BCUT2D eigenvalue weighted by atomic mass is 10.3. The van der Waals surface area contributed by atoms with Crippen LogP contribution >= 0.6 is 0 Å². The molecule has 2 aliphatic heterocycles. The van der Waals surface area contributed by atoms with Gasteiger partial charge in [-0.15, -0.1) is 0 Å². The maximum atomic E-state index is 4.37. The van der Waals surface area contributed by atoms with Crippen LogP contribution in [0.3, 0.4) is 0 Å². The Balaban J connectivity index is 2.22. The molecule has 0 unspecified atom stereocenters. The van der Waals surface area contributed by atoms with Crippen LogP contribution in [0.25, 0.3) is 0 Å². The molecule has 0 amide bonds. The standard InChI is InChI=1S/C7H10N2/c1-3-7-8-4-2-6-9(7)5-1/h1,5H,2-4,6H2. The minimum absolute atomic E-state index is 1.04. The van der Waals surface area contributed by atoms with Crippen LogP contribution in [-0.4, -0.2) is 23.8 Å². The zero-order valence-electron chi connectivity index (χ0n) is 5.38. The second-order valence-electron chi connectivity index (χ2n) is 2.43. The van der Waals surface area contributed by atoms with Crippen molar-refractivity contribution in [3.8, 4) is 0 Å². The Morgan fingerprint density at radius 3 is 3.44 bits per heavy atom. The van der Waals surface area contributed by atoms with E-state index in [1.165, 1.54) is 18.8 Å². The third-order valence-electron chi connectivity index (χ3n) is 1.77. The highest BCUT2D eigenvalue weighted by molar-refractivity contribution is 5.87. The number of amidine groups is 1. The Hall–Kier alpha value is -0.790. The van der Waals surface area contributed by atoms with E-state index < -0.39 is 0 Å². The fourth-order valence-corrected chi connectivity index (χ4v) is 1.30. The van der Waals surface area contributed by atoms with Crippen molar-refractivity contribution < 1.29 is 0 Å². The van der Waals surface area contributed by atoms with E-state index in [9.17, 15) is 0 Å². The Kier molecular flexibility index (Phi) is 1.04. The van der Waals surface area contributed by atoms with Gasteiger partial charge in [-0.25, -0.2) is 0 Å². The SMILES string of the molecule is C1=CN2CCCN=C2C1. The van der Waals surface area contributed by atoms with Gasteiger partial charge in [0, 0.05) is 25.7 Å². The van der Waals surface area contributed by atoms with Gasteiger partial charge in [0.25, 0.3) is 0 Å². The molecule has 0 radical (unpaired) electrons. The molecular weight excluding hydrogens is 112 g/mol. The molecule has 2 heteroatoms. The van der Waals surface area contributed by atoms with Crippen LogP contribution in [0.2, 0.25) is 0 Å². The molecule has 2 rings (SSSR count). The predicted molar refractivity (Wildman–Crippen MR) is 37.4 cm³/mol. The first-order valence-electron chi connectivity index (χ1n) is 3.43. The van der Waals surface area contributed by atoms with E-state index in [-0.39, 0.29) is 0 Å². The molecule has 0 bridgehead atoms. The molecule has 0 atom stereocenters. The van der Waals surface area contributed by atoms with Gasteiger partial charge in [-0.1, -0.05) is 6.08 Å². The van der Waals surface area contributed by atoms with E-state index in [0.29, 0.717) is 0 Å². The lowest BCUT2D eigenvalue weighted by Crippen LogP contribution is -2.27. The van der Waals surface area contributed by atoms with Crippen molar-refractivity contribution in [2.75, 3.05) is 13.1 Å². The number of fused-ring (bicyclic) bond motifs is 1. The van der Waals surface area contributed by atoms with Gasteiger partial charge in [0.15, 0.2) is 0 Å². The zero-order valence-corrected chi connectivity index (χ0v) is 5.38. The monoisotopic (exact) mass is 122 g/mol. The number of hydrogen-bond acceptors (Lipinski definition) is 2. The highest BCUT2D eigenvalue weighted by atomic mass is 15.2. The summed E-state index contributed by atoms with van der Waals surface area (Å²) in [6.45, 7) is 2.21. The maximum Gasteiger partial charge on any atom is 0.107 e. The minimum Gasteiger partial charge on any atom is -0.337 e. The lowest BCUT2D eigenvalue weighted by molar-refractivity contribution is 0.514. The fraction of sp³-hybridized carbons (Fsp3) is 0.571. The molecule has 0 saturated heterocycles. The Bertz CT molecular complexity index is 170. The number of hydrogen-bond donors (Lipinski definition) is 0. The first-order chi connectivity index (χ1) is 4.47. The summed E-state index contributed by atoms with van der Waals surface area (Å²) in [5.74, 6) is 1.27. The summed E-state index contributed by atoms with van der Waals surface area (Å²) in [5, 5.41) is 0. The van der Waals surface area contributed by atoms with E-state index in [1.807, 2.05) is 0 Å². The largest absolute Gasteiger partial charge is 0.337 e. The fourth-order valence-electron chi connectivity index (χ4n) is 1.30. The molecule has 0 spiro atoms. The average molecular weight is 122 g/mol. The molecule has 2 heterocycles. The molecule has 0 saturated carbocycles. The van der Waals surface area contributed by atoms with E-state index in [1.54, 1.807) is 0 Å². The third-order valence-corrected chi connectivity index (χ3v) is 1.77. The number of aliphatic imine (C=N–C) groups is 1. The first kappa shape index (κ1) is 5.03. The van der Waals surface area contributed by atoms with Crippen molar-refractivity contribution in [3.63, 3.8) is 0 Å². The molecule has 0 N–H and O–H groups in total. The molecule has 2 aliphatic rings. The van der Waals surface area contributed by atoms with Gasteiger partial charge in [-0.05, 0) is 6.42 Å². The Morgan fingerprint density at radius 1 is 1.56 bits per heavy atom. The highest BCUT2D eigenvalue weighted by Gasteiger charge is 2.14. The van der Waals surface area contributed by atoms with Crippen molar-refractivity contribution in [2.45, 2.75) is 12.8 Å². The van der Waals surface area contributed by atoms with Gasteiger partial charge in [0.05, 0.1) is 0 Å². The average Bonchev–Trinajstić information content (AvgIpc) is 2.33. The molecule has 9 heavy (non-hydrogen) atoms. The number of rotatable bonds is 0. The maximum absolute atomic E-state index is 4.37. The summed E-state index contributed by atoms with van der Waals surface area (Å²) >= 11 is 0. The summed E-state index contributed by atoms with van der Waals surface area (Å²) < 4.78 is 0. The van der Waals surface area contributed by atoms with Crippen LogP contribution in [0, 0.1) is 0 Å². The van der Waals surface area contributed by atoms with Crippen LogP contribution in [0.4, 0.5) is 0 Å². The Morgan fingerprint density at radius 2 is 2.56 bits per heavy atom.